The molecule has 1 N–H and O–H groups in total. The number of carbonyl (C=O) groups is 1. The van der Waals surface area contributed by atoms with Gasteiger partial charge in [0.15, 0.2) is 0 Å². The van der Waals surface area contributed by atoms with Crippen LogP contribution in [0.3, 0.4) is 0 Å². The number of carbonyl (C=O) groups excluding carboxylic acids is 1. The van der Waals surface area contributed by atoms with Crippen molar-refractivity contribution in [3.8, 4) is 0 Å². The van der Waals surface area contributed by atoms with E-state index in [-0.39, 0.29) is 11.4 Å². The molecule has 1 heterocycles. The minimum absolute atomic E-state index is 0.0124. The van der Waals surface area contributed by atoms with E-state index in [1.54, 1.807) is 11.3 Å². The van der Waals surface area contributed by atoms with Crippen molar-refractivity contribution in [1.82, 2.24) is 5.32 Å². The first-order valence-electron chi connectivity index (χ1n) is 5.88. The van der Waals surface area contributed by atoms with Crippen LogP contribution in [0.4, 0.5) is 0 Å². The van der Waals surface area contributed by atoms with E-state index in [1.165, 1.54) is 0 Å². The topological polar surface area (TPSA) is 29.1 Å². The van der Waals surface area contributed by atoms with Crippen LogP contribution >= 0.6 is 27.3 Å². The number of nitrogens with one attached hydrogen (secondary N) is 1. The zero-order valence-electron chi connectivity index (χ0n) is 10.5. The highest BCUT2D eigenvalue weighted by Gasteiger charge is 2.21. The van der Waals surface area contributed by atoms with Crippen LogP contribution in [0, 0.1) is 0 Å². The third-order valence-electron chi connectivity index (χ3n) is 2.90. The number of benzene rings is 1. The molecule has 0 bridgehead atoms. The molecule has 18 heavy (non-hydrogen) atoms. The molecule has 1 aromatic heterocycles. The maximum atomic E-state index is 12.3. The molecular formula is C14H16BrNOS. The van der Waals surface area contributed by atoms with E-state index >= 15 is 0 Å². The predicted octanol–water partition coefficient (Wildman–Crippen LogP) is 4.19. The van der Waals surface area contributed by atoms with Gasteiger partial charge >= 0.3 is 0 Å². The lowest BCUT2D eigenvalue weighted by Gasteiger charge is -2.25. The highest BCUT2D eigenvalue weighted by Crippen LogP contribution is 2.26. The van der Waals surface area contributed by atoms with Gasteiger partial charge in [0, 0.05) is 26.3 Å². The smallest absolute Gasteiger partial charge is 0.253 e. The van der Waals surface area contributed by atoms with Crippen molar-refractivity contribution >= 4 is 43.3 Å². The second-order valence-electron chi connectivity index (χ2n) is 4.92. The van der Waals surface area contributed by atoms with Crippen LogP contribution in [0.2, 0.25) is 0 Å². The summed E-state index contributed by atoms with van der Waals surface area (Å²) in [6.45, 7) is 4.08. The number of thiophene rings is 1. The molecule has 2 rings (SSSR count). The first-order valence-corrected chi connectivity index (χ1v) is 7.88. The maximum absolute atomic E-state index is 12.3. The van der Waals surface area contributed by atoms with Crippen LogP contribution in [-0.2, 0) is 0 Å². The normalized spacial score (nSPS) is 11.7. The van der Waals surface area contributed by atoms with Gasteiger partial charge in [-0.15, -0.1) is 11.3 Å². The van der Waals surface area contributed by atoms with Crippen LogP contribution < -0.4 is 5.32 Å². The molecule has 0 aliphatic rings. The molecule has 0 atom stereocenters. The molecule has 2 aromatic rings. The Balaban J connectivity index is 2.24. The van der Waals surface area contributed by atoms with Crippen LogP contribution in [0.5, 0.6) is 0 Å². The Morgan fingerprint density at radius 2 is 2.11 bits per heavy atom. The van der Waals surface area contributed by atoms with Gasteiger partial charge < -0.3 is 5.32 Å². The Hall–Kier alpha value is -0.870. The van der Waals surface area contributed by atoms with E-state index in [4.69, 9.17) is 0 Å². The quantitative estimate of drug-likeness (QED) is 0.839. The van der Waals surface area contributed by atoms with Gasteiger partial charge in [0.25, 0.3) is 5.91 Å². The van der Waals surface area contributed by atoms with E-state index in [9.17, 15) is 4.79 Å². The summed E-state index contributed by atoms with van der Waals surface area (Å²) in [7, 11) is 0. The first-order chi connectivity index (χ1) is 8.53. The Kier molecular flexibility index (Phi) is 4.07. The fourth-order valence-electron chi connectivity index (χ4n) is 1.83. The van der Waals surface area contributed by atoms with Crippen molar-refractivity contribution in [3.63, 3.8) is 0 Å². The van der Waals surface area contributed by atoms with E-state index in [0.717, 1.165) is 27.4 Å². The number of rotatable bonds is 4. The predicted molar refractivity (Wildman–Crippen MR) is 81.8 cm³/mol. The second kappa shape index (κ2) is 5.41. The largest absolute Gasteiger partial charge is 0.347 e. The summed E-state index contributed by atoms with van der Waals surface area (Å²) in [6.07, 6.45) is 0.904. The van der Waals surface area contributed by atoms with Gasteiger partial charge in [-0.25, -0.2) is 0 Å². The van der Waals surface area contributed by atoms with Gasteiger partial charge in [0.1, 0.15) is 0 Å². The third-order valence-corrected chi connectivity index (χ3v) is 4.26. The minimum Gasteiger partial charge on any atom is -0.347 e. The lowest BCUT2D eigenvalue weighted by atomic mass is 10.0. The van der Waals surface area contributed by atoms with Crippen LogP contribution in [-0.4, -0.2) is 16.8 Å². The average molecular weight is 326 g/mol. The van der Waals surface area contributed by atoms with Crippen LogP contribution in [0.25, 0.3) is 10.1 Å². The van der Waals surface area contributed by atoms with Crippen molar-refractivity contribution in [2.75, 3.05) is 5.33 Å². The third kappa shape index (κ3) is 2.93. The summed E-state index contributed by atoms with van der Waals surface area (Å²) in [5.74, 6) is 0.0124. The summed E-state index contributed by atoms with van der Waals surface area (Å²) in [5.41, 5.74) is 0.585. The standard InChI is InChI=1S/C14H16BrNOS/c1-14(2,7-8-15)16-13(17)11-9-18-12-6-4-3-5-10(11)12/h3-6,9H,7-8H2,1-2H3,(H,16,17). The zero-order valence-corrected chi connectivity index (χ0v) is 12.9. The van der Waals surface area contributed by atoms with Crippen LogP contribution in [0.1, 0.15) is 30.6 Å². The fourth-order valence-corrected chi connectivity index (χ4v) is 3.76. The molecule has 0 aliphatic heterocycles. The zero-order chi connectivity index (χ0) is 13.2. The van der Waals surface area contributed by atoms with E-state index in [2.05, 4.69) is 21.2 Å². The van der Waals surface area contributed by atoms with Crippen molar-refractivity contribution < 1.29 is 4.79 Å². The molecule has 2 nitrogen and oxygen atoms in total. The SMILES string of the molecule is CC(C)(CCBr)NC(=O)c1csc2ccccc12. The van der Waals surface area contributed by atoms with Gasteiger partial charge in [0.05, 0.1) is 5.56 Å². The highest BCUT2D eigenvalue weighted by molar-refractivity contribution is 9.09. The molecular weight excluding hydrogens is 310 g/mol. The number of hydrogen-bond acceptors (Lipinski definition) is 2. The summed E-state index contributed by atoms with van der Waals surface area (Å²) < 4.78 is 1.15. The minimum atomic E-state index is -0.191. The molecule has 1 amide bonds. The lowest BCUT2D eigenvalue weighted by Crippen LogP contribution is -2.43. The second-order valence-corrected chi connectivity index (χ2v) is 6.63. The highest BCUT2D eigenvalue weighted by atomic mass is 79.9. The molecule has 0 fully saturated rings. The number of hydrogen-bond donors (Lipinski definition) is 1. The number of halogens is 1. The molecule has 0 radical (unpaired) electrons. The number of amides is 1. The van der Waals surface area contributed by atoms with Crippen LogP contribution in [0.15, 0.2) is 29.6 Å². The van der Waals surface area contributed by atoms with Gasteiger partial charge in [0.2, 0.25) is 0 Å². The fraction of sp³-hybridized carbons (Fsp3) is 0.357. The van der Waals surface area contributed by atoms with Gasteiger partial charge in [-0.1, -0.05) is 34.1 Å². The average Bonchev–Trinajstić information content (AvgIpc) is 2.71. The van der Waals surface area contributed by atoms with E-state index in [1.807, 2.05) is 43.5 Å². The summed E-state index contributed by atoms with van der Waals surface area (Å²) >= 11 is 5.03. The van der Waals surface area contributed by atoms with Crippen molar-refractivity contribution in [1.29, 1.82) is 0 Å². The van der Waals surface area contributed by atoms with Crippen molar-refractivity contribution in [2.24, 2.45) is 0 Å². The molecule has 0 saturated carbocycles. The molecule has 0 saturated heterocycles. The Morgan fingerprint density at radius 3 is 2.83 bits per heavy atom. The summed E-state index contributed by atoms with van der Waals surface area (Å²) in [5, 5.41) is 6.94. The van der Waals surface area contributed by atoms with Crippen molar-refractivity contribution in [3.05, 3.63) is 35.2 Å². The van der Waals surface area contributed by atoms with E-state index < -0.39 is 0 Å². The monoisotopic (exact) mass is 325 g/mol. The molecule has 0 spiro atoms. The van der Waals surface area contributed by atoms with Gasteiger partial charge in [-0.05, 0) is 26.3 Å². The Morgan fingerprint density at radius 1 is 1.39 bits per heavy atom. The number of alkyl halides is 1. The number of fused-ring (bicyclic) bond motifs is 1. The summed E-state index contributed by atoms with van der Waals surface area (Å²) in [4.78, 5) is 12.3. The summed E-state index contributed by atoms with van der Waals surface area (Å²) in [6, 6.07) is 8.00. The van der Waals surface area contributed by atoms with Crippen molar-refractivity contribution in [2.45, 2.75) is 25.8 Å². The molecule has 1 aromatic carbocycles. The lowest BCUT2D eigenvalue weighted by molar-refractivity contribution is 0.0914. The van der Waals surface area contributed by atoms with Gasteiger partial charge in [-0.3, -0.25) is 4.79 Å². The molecule has 0 aliphatic carbocycles. The van der Waals surface area contributed by atoms with Gasteiger partial charge in [-0.2, -0.15) is 0 Å². The molecule has 4 heteroatoms. The Bertz CT molecular complexity index is 562. The molecule has 0 unspecified atom stereocenters. The molecule has 96 valence electrons. The Labute approximate surface area is 120 Å². The van der Waals surface area contributed by atoms with E-state index in [0.29, 0.717) is 0 Å². The maximum Gasteiger partial charge on any atom is 0.253 e. The first kappa shape index (κ1) is 13.6.